The van der Waals surface area contributed by atoms with Crippen LogP contribution in [-0.2, 0) is 13.1 Å². The van der Waals surface area contributed by atoms with Gasteiger partial charge in [0, 0.05) is 31.2 Å². The van der Waals surface area contributed by atoms with Gasteiger partial charge in [-0.25, -0.2) is 4.39 Å². The van der Waals surface area contributed by atoms with Crippen LogP contribution in [-0.4, -0.2) is 21.4 Å². The van der Waals surface area contributed by atoms with E-state index >= 15 is 0 Å². The monoisotopic (exact) mass is 497 g/mol. The maximum atomic E-state index is 14.5. The fourth-order valence-corrected chi connectivity index (χ4v) is 7.72. The van der Waals surface area contributed by atoms with Crippen LogP contribution in [0.1, 0.15) is 19.4 Å². The number of thioether (sulfide) groups is 2. The number of rotatable bonds is 4. The minimum absolute atomic E-state index is 0.0227. The minimum Gasteiger partial charge on any atom is -0.355 e. The van der Waals surface area contributed by atoms with Crippen molar-refractivity contribution >= 4 is 51.7 Å². The van der Waals surface area contributed by atoms with Crippen LogP contribution in [0.3, 0.4) is 0 Å². The van der Waals surface area contributed by atoms with Crippen molar-refractivity contribution in [2.75, 3.05) is 11.9 Å². The molecule has 2 aromatic carbocycles. The SMILES string of the molecule is CCn1c(=O)/c(=C2\Sc3cccc(F)c3N2C)s/c1=C\C1(C)SC=CN1Cc1ccccc1. The Labute approximate surface area is 204 Å². The van der Waals surface area contributed by atoms with Gasteiger partial charge in [0.15, 0.2) is 0 Å². The summed E-state index contributed by atoms with van der Waals surface area (Å²) < 4.78 is 17.9. The second-order valence-corrected chi connectivity index (χ2v) is 11.5. The maximum Gasteiger partial charge on any atom is 0.271 e. The zero-order chi connectivity index (χ0) is 23.2. The standard InChI is InChI=1S/C25H24FN3OS3/c1-4-29-20(15-25(2)28(13-14-31-25)16-17-9-6-5-7-10-17)33-22(23(29)30)24-27(3)21-18(26)11-8-12-19(21)32-24/h5-15H,4,16H2,1-3H3/b20-15-,24-22+. The molecule has 1 aromatic heterocycles. The van der Waals surface area contributed by atoms with Crippen LogP contribution in [0.2, 0.25) is 0 Å². The van der Waals surface area contributed by atoms with Crippen LogP contribution in [0.25, 0.3) is 11.1 Å². The minimum atomic E-state index is -0.310. The van der Waals surface area contributed by atoms with Crippen molar-refractivity contribution in [3.05, 3.63) is 91.1 Å². The summed E-state index contributed by atoms with van der Waals surface area (Å²) in [7, 11) is 1.83. The third kappa shape index (κ3) is 3.94. The molecule has 1 unspecified atom stereocenters. The van der Waals surface area contributed by atoms with Crippen molar-refractivity contribution in [3.8, 4) is 0 Å². The molecule has 0 aliphatic carbocycles. The summed E-state index contributed by atoms with van der Waals surface area (Å²) in [5, 5.41) is 2.90. The van der Waals surface area contributed by atoms with Crippen LogP contribution in [0.5, 0.6) is 0 Å². The van der Waals surface area contributed by atoms with E-state index in [1.54, 1.807) is 17.8 Å². The number of hydrogen-bond acceptors (Lipinski definition) is 6. The van der Waals surface area contributed by atoms with Crippen LogP contribution >= 0.6 is 34.9 Å². The van der Waals surface area contributed by atoms with Gasteiger partial charge in [-0.15, -0.1) is 23.1 Å². The first kappa shape index (κ1) is 22.4. The number of halogens is 1. The van der Waals surface area contributed by atoms with E-state index in [1.807, 2.05) is 35.6 Å². The van der Waals surface area contributed by atoms with Crippen LogP contribution < -0.4 is 19.7 Å². The number of para-hydroxylation sites is 1. The summed E-state index contributed by atoms with van der Waals surface area (Å²) in [5.74, 6) is -0.269. The van der Waals surface area contributed by atoms with Gasteiger partial charge in [0.25, 0.3) is 5.56 Å². The van der Waals surface area contributed by atoms with Crippen molar-refractivity contribution in [1.82, 2.24) is 9.47 Å². The summed E-state index contributed by atoms with van der Waals surface area (Å²) in [6, 6.07) is 15.5. The van der Waals surface area contributed by atoms with E-state index in [4.69, 9.17) is 0 Å². The molecular formula is C25H24FN3OS3. The summed E-state index contributed by atoms with van der Waals surface area (Å²) in [4.78, 5) is 18.0. The Bertz CT molecular complexity index is 1410. The summed E-state index contributed by atoms with van der Waals surface area (Å²) in [5.41, 5.74) is 1.75. The van der Waals surface area contributed by atoms with Crippen molar-refractivity contribution in [1.29, 1.82) is 0 Å². The molecule has 0 bridgehead atoms. The highest BCUT2D eigenvalue weighted by atomic mass is 32.2. The summed E-state index contributed by atoms with van der Waals surface area (Å²) >= 11 is 4.68. The van der Waals surface area contributed by atoms with Gasteiger partial charge < -0.3 is 9.80 Å². The zero-order valence-electron chi connectivity index (χ0n) is 18.6. The van der Waals surface area contributed by atoms with E-state index in [9.17, 15) is 9.18 Å². The first-order valence-corrected chi connectivity index (χ1v) is 13.2. The van der Waals surface area contributed by atoms with Crippen molar-refractivity contribution in [3.63, 3.8) is 0 Å². The Balaban J connectivity index is 1.59. The number of benzene rings is 2. The third-order valence-electron chi connectivity index (χ3n) is 5.92. The Morgan fingerprint density at radius 3 is 2.64 bits per heavy atom. The zero-order valence-corrected chi connectivity index (χ0v) is 21.1. The van der Waals surface area contributed by atoms with E-state index < -0.39 is 0 Å². The third-order valence-corrected chi connectivity index (χ3v) is 9.48. The van der Waals surface area contributed by atoms with Gasteiger partial charge in [-0.05, 0) is 43.0 Å². The second-order valence-electron chi connectivity index (χ2n) is 8.09. The molecule has 0 spiro atoms. The molecule has 0 saturated heterocycles. The van der Waals surface area contributed by atoms with E-state index in [2.05, 4.69) is 53.8 Å². The number of nitrogens with zero attached hydrogens (tertiary/aromatic N) is 3. The topological polar surface area (TPSA) is 28.5 Å². The molecule has 1 atom stereocenters. The molecule has 2 aliphatic heterocycles. The molecule has 0 N–H and O–H groups in total. The lowest BCUT2D eigenvalue weighted by Gasteiger charge is -2.32. The number of thiazole rings is 1. The first-order chi connectivity index (χ1) is 15.9. The maximum absolute atomic E-state index is 14.5. The Kier molecular flexibility index (Phi) is 5.93. The number of anilines is 1. The van der Waals surface area contributed by atoms with Gasteiger partial charge in [0.05, 0.1) is 10.4 Å². The van der Waals surface area contributed by atoms with E-state index in [0.717, 1.165) is 21.1 Å². The van der Waals surface area contributed by atoms with Gasteiger partial charge in [0.1, 0.15) is 20.2 Å². The van der Waals surface area contributed by atoms with Crippen LogP contribution in [0.4, 0.5) is 10.1 Å². The first-order valence-electron chi connectivity index (χ1n) is 10.7. The molecule has 3 heterocycles. The van der Waals surface area contributed by atoms with Crippen molar-refractivity contribution in [2.24, 2.45) is 0 Å². The smallest absolute Gasteiger partial charge is 0.271 e. The molecule has 0 amide bonds. The van der Waals surface area contributed by atoms with E-state index in [0.29, 0.717) is 16.8 Å². The highest BCUT2D eigenvalue weighted by Gasteiger charge is 2.32. The fraction of sp³-hybridized carbons (Fsp3) is 0.240. The molecule has 3 aromatic rings. The molecule has 0 radical (unpaired) electrons. The van der Waals surface area contributed by atoms with E-state index in [1.165, 1.54) is 34.7 Å². The largest absolute Gasteiger partial charge is 0.355 e. The molecule has 0 fully saturated rings. The Hall–Kier alpha value is -2.42. The van der Waals surface area contributed by atoms with Crippen molar-refractivity contribution in [2.45, 2.75) is 36.7 Å². The lowest BCUT2D eigenvalue weighted by atomic mass is 10.2. The molecule has 170 valence electrons. The van der Waals surface area contributed by atoms with Gasteiger partial charge in [-0.2, -0.15) is 0 Å². The molecule has 2 aliphatic rings. The van der Waals surface area contributed by atoms with Gasteiger partial charge >= 0.3 is 0 Å². The number of fused-ring (bicyclic) bond motifs is 1. The molecule has 8 heteroatoms. The summed E-state index contributed by atoms with van der Waals surface area (Å²) in [6.45, 7) is 5.54. The van der Waals surface area contributed by atoms with Gasteiger partial charge in [-0.1, -0.05) is 48.2 Å². The molecule has 4 nitrogen and oxygen atoms in total. The highest BCUT2D eigenvalue weighted by molar-refractivity contribution is 8.08. The summed E-state index contributed by atoms with van der Waals surface area (Å²) in [6.07, 6.45) is 4.30. The molecule has 5 rings (SSSR count). The normalized spacial score (nSPS) is 21.9. The number of hydrogen-bond donors (Lipinski definition) is 0. The van der Waals surface area contributed by atoms with E-state index in [-0.39, 0.29) is 16.2 Å². The van der Waals surface area contributed by atoms with Gasteiger partial charge in [0.2, 0.25) is 0 Å². The van der Waals surface area contributed by atoms with Crippen LogP contribution in [0, 0.1) is 5.82 Å². The molecule has 33 heavy (non-hydrogen) atoms. The second kappa shape index (κ2) is 8.74. The quantitative estimate of drug-likeness (QED) is 0.526. The lowest BCUT2D eigenvalue weighted by Crippen LogP contribution is -2.38. The Morgan fingerprint density at radius 2 is 1.91 bits per heavy atom. The molecule has 0 saturated carbocycles. The fourth-order valence-electron chi connectivity index (χ4n) is 4.14. The average Bonchev–Trinajstić information content (AvgIpc) is 3.43. The average molecular weight is 498 g/mol. The van der Waals surface area contributed by atoms with Gasteiger partial charge in [-0.3, -0.25) is 9.36 Å². The van der Waals surface area contributed by atoms with Crippen molar-refractivity contribution < 1.29 is 4.39 Å². The lowest BCUT2D eigenvalue weighted by molar-refractivity contribution is 0.320. The Morgan fingerprint density at radius 1 is 1.12 bits per heavy atom. The van der Waals surface area contributed by atoms with Crippen LogP contribution in [0.15, 0.2) is 69.8 Å². The molecular weight excluding hydrogens is 473 g/mol. The predicted octanol–water partition coefficient (Wildman–Crippen LogP) is 4.59. The highest BCUT2D eigenvalue weighted by Crippen LogP contribution is 2.46. The predicted molar refractivity (Wildman–Crippen MR) is 139 cm³/mol. The number of aromatic nitrogens is 1.